The molecule has 0 atom stereocenters. The van der Waals surface area contributed by atoms with E-state index in [-0.39, 0.29) is 5.91 Å². The molecule has 2 aromatic rings. The van der Waals surface area contributed by atoms with Gasteiger partial charge in [-0.3, -0.25) is 9.69 Å². The van der Waals surface area contributed by atoms with Crippen LogP contribution in [-0.2, 0) is 4.79 Å². The minimum atomic E-state index is -0.0651. The first-order valence-electron chi connectivity index (χ1n) is 8.17. The summed E-state index contributed by atoms with van der Waals surface area (Å²) >= 11 is 8.27. The molecule has 0 unspecified atom stereocenters. The van der Waals surface area contributed by atoms with Crippen molar-refractivity contribution in [2.75, 3.05) is 19.4 Å². The molecule has 1 amide bonds. The zero-order valence-electron chi connectivity index (χ0n) is 14.6. The molecule has 0 bridgehead atoms. The molecule has 1 saturated heterocycles. The molecule has 1 aliphatic heterocycles. The van der Waals surface area contributed by atoms with E-state index in [1.807, 2.05) is 30.3 Å². The number of carbonyl (C=O) groups excluding carboxylic acids is 1. The molecule has 3 nitrogen and oxygen atoms in total. The van der Waals surface area contributed by atoms with E-state index in [1.54, 1.807) is 18.8 Å². The van der Waals surface area contributed by atoms with Crippen molar-refractivity contribution in [1.82, 2.24) is 4.90 Å². The van der Waals surface area contributed by atoms with Gasteiger partial charge in [-0.25, -0.2) is 0 Å². The SMILES string of the molecule is Cc1ccc(SCCOc2ccccc2/C=C2\SC(=S)N(C)C2=O)cc1. The van der Waals surface area contributed by atoms with Crippen molar-refractivity contribution >= 4 is 52.0 Å². The number of rotatable bonds is 6. The highest BCUT2D eigenvalue weighted by Gasteiger charge is 2.28. The first-order valence-corrected chi connectivity index (χ1v) is 10.4. The molecule has 26 heavy (non-hydrogen) atoms. The van der Waals surface area contributed by atoms with Crippen LogP contribution in [0.1, 0.15) is 11.1 Å². The highest BCUT2D eigenvalue weighted by Crippen LogP contribution is 2.33. The Labute approximate surface area is 167 Å². The smallest absolute Gasteiger partial charge is 0.265 e. The molecule has 1 heterocycles. The van der Waals surface area contributed by atoms with Crippen LogP contribution in [0.2, 0.25) is 0 Å². The monoisotopic (exact) mass is 401 g/mol. The molecule has 1 aliphatic rings. The lowest BCUT2D eigenvalue weighted by Crippen LogP contribution is -2.22. The topological polar surface area (TPSA) is 29.5 Å². The van der Waals surface area contributed by atoms with Crippen LogP contribution in [-0.4, -0.2) is 34.5 Å². The normalized spacial score (nSPS) is 15.8. The second kappa shape index (κ2) is 8.75. The highest BCUT2D eigenvalue weighted by atomic mass is 32.2. The fraction of sp³-hybridized carbons (Fsp3) is 0.200. The van der Waals surface area contributed by atoms with E-state index in [9.17, 15) is 4.79 Å². The summed E-state index contributed by atoms with van der Waals surface area (Å²) in [6.07, 6.45) is 1.85. The average molecular weight is 402 g/mol. The van der Waals surface area contributed by atoms with Crippen molar-refractivity contribution in [3.63, 3.8) is 0 Å². The van der Waals surface area contributed by atoms with E-state index >= 15 is 0 Å². The molecule has 0 spiro atoms. The summed E-state index contributed by atoms with van der Waals surface area (Å²) in [6.45, 7) is 2.68. The number of carbonyl (C=O) groups is 1. The van der Waals surface area contributed by atoms with E-state index in [0.717, 1.165) is 17.1 Å². The zero-order chi connectivity index (χ0) is 18.5. The third-order valence-electron chi connectivity index (χ3n) is 3.82. The molecule has 0 N–H and O–H groups in total. The van der Waals surface area contributed by atoms with E-state index in [0.29, 0.717) is 15.8 Å². The molecule has 134 valence electrons. The summed E-state index contributed by atoms with van der Waals surface area (Å²) in [5, 5.41) is 0. The van der Waals surface area contributed by atoms with Crippen molar-refractivity contribution in [3.8, 4) is 5.75 Å². The molecule has 0 radical (unpaired) electrons. The maximum absolute atomic E-state index is 12.2. The van der Waals surface area contributed by atoms with Gasteiger partial charge in [-0.05, 0) is 31.2 Å². The third kappa shape index (κ3) is 4.69. The summed E-state index contributed by atoms with van der Waals surface area (Å²) in [7, 11) is 1.70. The van der Waals surface area contributed by atoms with E-state index < -0.39 is 0 Å². The molecule has 0 aliphatic carbocycles. The van der Waals surface area contributed by atoms with Gasteiger partial charge in [0.2, 0.25) is 0 Å². The largest absolute Gasteiger partial charge is 0.492 e. The van der Waals surface area contributed by atoms with Gasteiger partial charge in [0.25, 0.3) is 5.91 Å². The van der Waals surface area contributed by atoms with Crippen LogP contribution in [0.4, 0.5) is 0 Å². The van der Waals surface area contributed by atoms with Crippen LogP contribution in [0.15, 0.2) is 58.3 Å². The Kier molecular flexibility index (Phi) is 6.40. The molecular formula is C20H19NO2S3. The number of benzene rings is 2. The van der Waals surface area contributed by atoms with Crippen molar-refractivity contribution in [2.24, 2.45) is 0 Å². The van der Waals surface area contributed by atoms with Gasteiger partial charge >= 0.3 is 0 Å². The Morgan fingerprint density at radius 2 is 1.92 bits per heavy atom. The Morgan fingerprint density at radius 1 is 1.19 bits per heavy atom. The Hall–Kier alpha value is -1.76. The standard InChI is InChI=1S/C20H19NO2S3/c1-14-7-9-16(10-8-14)25-12-11-23-17-6-4-3-5-15(17)13-18-19(22)21(2)20(24)26-18/h3-10,13H,11-12H2,1-2H3/b18-13-. The Morgan fingerprint density at radius 3 is 2.62 bits per heavy atom. The van der Waals surface area contributed by atoms with Gasteiger partial charge in [-0.1, -0.05) is 59.9 Å². The van der Waals surface area contributed by atoms with Crippen LogP contribution in [0.5, 0.6) is 5.75 Å². The summed E-state index contributed by atoms with van der Waals surface area (Å²) in [5.74, 6) is 1.57. The fourth-order valence-electron chi connectivity index (χ4n) is 2.36. The van der Waals surface area contributed by atoms with Gasteiger partial charge in [0.05, 0.1) is 11.5 Å². The van der Waals surface area contributed by atoms with Gasteiger partial charge in [0.15, 0.2) is 0 Å². The quantitative estimate of drug-likeness (QED) is 0.294. The molecule has 2 aromatic carbocycles. The van der Waals surface area contributed by atoms with E-state index in [4.69, 9.17) is 17.0 Å². The van der Waals surface area contributed by atoms with Crippen LogP contribution in [0.3, 0.4) is 0 Å². The second-order valence-electron chi connectivity index (χ2n) is 5.79. The van der Waals surface area contributed by atoms with Crippen molar-refractivity contribution in [1.29, 1.82) is 0 Å². The number of hydrogen-bond acceptors (Lipinski definition) is 5. The number of aryl methyl sites for hydroxylation is 1. The number of thiocarbonyl (C=S) groups is 1. The number of ether oxygens (including phenoxy) is 1. The molecule has 6 heteroatoms. The van der Waals surface area contributed by atoms with Crippen molar-refractivity contribution in [3.05, 3.63) is 64.6 Å². The van der Waals surface area contributed by atoms with Gasteiger partial charge in [0.1, 0.15) is 10.1 Å². The molecule has 1 fully saturated rings. The summed E-state index contributed by atoms with van der Waals surface area (Å²) in [6, 6.07) is 16.2. The minimum Gasteiger partial charge on any atom is -0.492 e. The van der Waals surface area contributed by atoms with Gasteiger partial charge in [0, 0.05) is 23.3 Å². The molecule has 0 saturated carbocycles. The first-order chi connectivity index (χ1) is 12.5. The Balaban J connectivity index is 1.62. The van der Waals surface area contributed by atoms with Gasteiger partial charge < -0.3 is 4.74 Å². The highest BCUT2D eigenvalue weighted by molar-refractivity contribution is 8.26. The Bertz CT molecular complexity index is 846. The van der Waals surface area contributed by atoms with Crippen LogP contribution in [0.25, 0.3) is 6.08 Å². The number of likely N-dealkylation sites (N-methyl/N-ethyl adjacent to an activating group) is 1. The number of amides is 1. The van der Waals surface area contributed by atoms with Gasteiger partial charge in [-0.2, -0.15) is 0 Å². The van der Waals surface area contributed by atoms with Gasteiger partial charge in [-0.15, -0.1) is 11.8 Å². The minimum absolute atomic E-state index is 0.0651. The average Bonchev–Trinajstić information content (AvgIpc) is 2.88. The maximum atomic E-state index is 12.2. The van der Waals surface area contributed by atoms with E-state index in [2.05, 4.69) is 31.2 Å². The van der Waals surface area contributed by atoms with Crippen LogP contribution in [0, 0.1) is 6.92 Å². The number of hydrogen-bond donors (Lipinski definition) is 0. The number of para-hydroxylation sites is 1. The molecule has 3 rings (SSSR count). The predicted octanol–water partition coefficient (Wildman–Crippen LogP) is 5.00. The molecule has 0 aromatic heterocycles. The molecular weight excluding hydrogens is 382 g/mol. The first kappa shape index (κ1) is 19.0. The lowest BCUT2D eigenvalue weighted by Gasteiger charge is -2.09. The van der Waals surface area contributed by atoms with Crippen molar-refractivity contribution in [2.45, 2.75) is 11.8 Å². The third-order valence-corrected chi connectivity index (χ3v) is 6.28. The number of thioether (sulfide) groups is 2. The van der Waals surface area contributed by atoms with Crippen molar-refractivity contribution < 1.29 is 9.53 Å². The lowest BCUT2D eigenvalue weighted by atomic mass is 10.2. The maximum Gasteiger partial charge on any atom is 0.265 e. The second-order valence-corrected chi connectivity index (χ2v) is 8.63. The number of nitrogens with zero attached hydrogens (tertiary/aromatic N) is 1. The summed E-state index contributed by atoms with van der Waals surface area (Å²) < 4.78 is 6.53. The summed E-state index contributed by atoms with van der Waals surface area (Å²) in [5.41, 5.74) is 2.15. The van der Waals surface area contributed by atoms with Crippen LogP contribution < -0.4 is 4.74 Å². The van der Waals surface area contributed by atoms with Crippen LogP contribution >= 0.6 is 35.7 Å². The fourth-order valence-corrected chi connectivity index (χ4v) is 4.26. The van der Waals surface area contributed by atoms with E-state index in [1.165, 1.54) is 27.1 Å². The predicted molar refractivity (Wildman–Crippen MR) is 115 cm³/mol. The lowest BCUT2D eigenvalue weighted by molar-refractivity contribution is -0.121. The zero-order valence-corrected chi connectivity index (χ0v) is 17.0. The summed E-state index contributed by atoms with van der Waals surface area (Å²) in [4.78, 5) is 15.5.